The molecule has 0 saturated carbocycles. The van der Waals surface area contributed by atoms with Gasteiger partial charge in [0.1, 0.15) is 10.3 Å². The van der Waals surface area contributed by atoms with E-state index < -0.39 is 0 Å². The van der Waals surface area contributed by atoms with Crippen LogP contribution in [-0.2, 0) is 0 Å². The van der Waals surface area contributed by atoms with Crippen LogP contribution in [0.1, 0.15) is 153 Å². The van der Waals surface area contributed by atoms with Crippen LogP contribution >= 0.6 is 23.2 Å². The molecule has 4 heteroatoms. The van der Waals surface area contributed by atoms with Gasteiger partial charge in [0, 0.05) is 0 Å². The Labute approximate surface area is 249 Å². The van der Waals surface area contributed by atoms with Crippen LogP contribution in [0.25, 0.3) is 0 Å². The number of rotatable bonds is 14. The van der Waals surface area contributed by atoms with Gasteiger partial charge in [0.05, 0.1) is 11.4 Å². The van der Waals surface area contributed by atoms with Crippen molar-refractivity contribution in [2.75, 3.05) is 9.80 Å². The lowest BCUT2D eigenvalue weighted by Gasteiger charge is -2.32. The van der Waals surface area contributed by atoms with E-state index in [1.165, 1.54) is 33.6 Å². The van der Waals surface area contributed by atoms with Gasteiger partial charge in [-0.05, 0) is 97.3 Å². The number of anilines is 2. The molecule has 214 valence electrons. The van der Waals surface area contributed by atoms with E-state index in [0.29, 0.717) is 34.0 Å². The lowest BCUT2D eigenvalue weighted by atomic mass is 9.85. The Morgan fingerprint density at radius 3 is 0.923 bits per heavy atom. The van der Waals surface area contributed by atoms with E-state index in [2.05, 4.69) is 108 Å². The summed E-state index contributed by atoms with van der Waals surface area (Å²) in [5.74, 6) is 1.80. The summed E-state index contributed by atoms with van der Waals surface area (Å²) in [4.78, 5) is 4.15. The third-order valence-corrected chi connectivity index (χ3v) is 9.90. The minimum atomic E-state index is 0.449. The van der Waals surface area contributed by atoms with Gasteiger partial charge in [-0.2, -0.15) is 0 Å². The second kappa shape index (κ2) is 14.8. The summed E-state index contributed by atoms with van der Waals surface area (Å²) in [6, 6.07) is 13.6. The highest BCUT2D eigenvalue weighted by Crippen LogP contribution is 2.50. The molecule has 0 fully saturated rings. The molecular formula is C35H50Cl2N2. The summed E-state index contributed by atoms with van der Waals surface area (Å²) < 4.78 is 0. The molecule has 3 rings (SSSR count). The van der Waals surface area contributed by atoms with Gasteiger partial charge in [-0.25, -0.2) is 0 Å². The van der Waals surface area contributed by atoms with Gasteiger partial charge < -0.3 is 0 Å². The molecule has 39 heavy (non-hydrogen) atoms. The number of hydrogen-bond donors (Lipinski definition) is 0. The highest BCUT2D eigenvalue weighted by molar-refractivity contribution is 6.42. The SMILES string of the molecule is CCC(CC)c1cccc(C(CC)CC)c1N1[C]N(c2c(C(CC)CC)cccc2C(CC)CC)C(Cl)=C1Cl. The molecule has 0 saturated heterocycles. The Hall–Kier alpha value is -1.64. The smallest absolute Gasteiger partial charge is 0.220 e. The molecule has 1 heterocycles. The molecule has 2 aromatic rings. The zero-order valence-electron chi connectivity index (χ0n) is 25.6. The van der Waals surface area contributed by atoms with Gasteiger partial charge in [-0.15, -0.1) is 0 Å². The van der Waals surface area contributed by atoms with Crippen LogP contribution in [0.5, 0.6) is 0 Å². The average molecular weight is 570 g/mol. The Bertz CT molecular complexity index is 946. The van der Waals surface area contributed by atoms with Crippen molar-refractivity contribution in [2.24, 2.45) is 0 Å². The van der Waals surface area contributed by atoms with Crippen LogP contribution in [0.15, 0.2) is 46.7 Å². The normalized spacial score (nSPS) is 14.3. The first-order valence-corrected chi connectivity index (χ1v) is 16.3. The van der Waals surface area contributed by atoms with Gasteiger partial charge >= 0.3 is 0 Å². The van der Waals surface area contributed by atoms with Crippen molar-refractivity contribution in [1.29, 1.82) is 0 Å². The maximum absolute atomic E-state index is 7.20. The molecule has 0 aliphatic carbocycles. The van der Waals surface area contributed by atoms with Gasteiger partial charge in [0.15, 0.2) is 0 Å². The van der Waals surface area contributed by atoms with Crippen LogP contribution in [0.4, 0.5) is 11.4 Å². The first kappa shape index (κ1) is 31.9. The van der Waals surface area contributed by atoms with E-state index in [9.17, 15) is 0 Å². The number of benzene rings is 2. The Morgan fingerprint density at radius 1 is 0.487 bits per heavy atom. The molecular weight excluding hydrogens is 519 g/mol. The summed E-state index contributed by atoms with van der Waals surface area (Å²) in [7, 11) is 0. The molecule has 2 radical (unpaired) electrons. The monoisotopic (exact) mass is 568 g/mol. The quantitative estimate of drug-likeness (QED) is 0.209. The van der Waals surface area contributed by atoms with Crippen molar-refractivity contribution >= 4 is 34.6 Å². The van der Waals surface area contributed by atoms with E-state index in [4.69, 9.17) is 23.2 Å². The van der Waals surface area contributed by atoms with E-state index in [0.717, 1.165) is 51.4 Å². The third kappa shape index (κ3) is 6.33. The summed E-state index contributed by atoms with van der Waals surface area (Å²) in [6.45, 7) is 22.0. The molecule has 0 amide bonds. The molecule has 0 spiro atoms. The van der Waals surface area contributed by atoms with Gasteiger partial charge in [0.25, 0.3) is 0 Å². The second-order valence-electron chi connectivity index (χ2n) is 11.0. The Morgan fingerprint density at radius 2 is 0.718 bits per heavy atom. The summed E-state index contributed by atoms with van der Waals surface area (Å²) >= 11 is 14.4. The molecule has 2 aromatic carbocycles. The number of halogens is 2. The Kier molecular flexibility index (Phi) is 12.1. The van der Waals surface area contributed by atoms with Crippen LogP contribution in [-0.4, -0.2) is 0 Å². The van der Waals surface area contributed by atoms with Gasteiger partial charge in [-0.3, -0.25) is 9.80 Å². The van der Waals surface area contributed by atoms with Gasteiger partial charge in [0.2, 0.25) is 6.67 Å². The number of nitrogens with zero attached hydrogens (tertiary/aromatic N) is 2. The van der Waals surface area contributed by atoms with Crippen LogP contribution in [0.3, 0.4) is 0 Å². The zero-order valence-corrected chi connectivity index (χ0v) is 27.1. The predicted octanol–water partition coefficient (Wildman–Crippen LogP) is 12.2. The topological polar surface area (TPSA) is 6.48 Å². The average Bonchev–Trinajstić information content (AvgIpc) is 3.25. The van der Waals surface area contributed by atoms with Gasteiger partial charge in [-0.1, -0.05) is 115 Å². The fourth-order valence-corrected chi connectivity index (χ4v) is 6.99. The first-order valence-electron chi connectivity index (χ1n) is 15.5. The fraction of sp³-hybridized carbons (Fsp3) is 0.571. The van der Waals surface area contributed by atoms with E-state index >= 15 is 0 Å². The highest BCUT2D eigenvalue weighted by atomic mass is 35.5. The Balaban J connectivity index is 2.26. The van der Waals surface area contributed by atoms with Crippen molar-refractivity contribution in [3.05, 3.63) is 75.6 Å². The minimum Gasteiger partial charge on any atom is -0.297 e. The summed E-state index contributed by atoms with van der Waals surface area (Å²) in [5.41, 5.74) is 7.72. The predicted molar refractivity (Wildman–Crippen MR) is 173 cm³/mol. The molecule has 0 atom stereocenters. The van der Waals surface area contributed by atoms with Crippen LogP contribution < -0.4 is 9.80 Å². The molecule has 1 aliphatic heterocycles. The van der Waals surface area contributed by atoms with E-state index in [1.54, 1.807) is 0 Å². The lowest BCUT2D eigenvalue weighted by molar-refractivity contribution is 0.621. The lowest BCUT2D eigenvalue weighted by Crippen LogP contribution is -2.25. The van der Waals surface area contributed by atoms with Crippen molar-refractivity contribution in [3.63, 3.8) is 0 Å². The maximum atomic E-state index is 7.20. The largest absolute Gasteiger partial charge is 0.297 e. The number of para-hydroxylation sites is 2. The van der Waals surface area contributed by atoms with Crippen molar-refractivity contribution in [1.82, 2.24) is 0 Å². The highest BCUT2D eigenvalue weighted by Gasteiger charge is 2.37. The van der Waals surface area contributed by atoms with Crippen molar-refractivity contribution < 1.29 is 0 Å². The summed E-state index contributed by atoms with van der Waals surface area (Å²) in [6.07, 6.45) is 8.66. The number of hydrogen-bond acceptors (Lipinski definition) is 2. The van der Waals surface area contributed by atoms with Crippen molar-refractivity contribution in [3.8, 4) is 0 Å². The fourth-order valence-electron chi connectivity index (χ4n) is 6.58. The second-order valence-corrected chi connectivity index (χ2v) is 11.7. The molecule has 0 bridgehead atoms. The van der Waals surface area contributed by atoms with E-state index in [-0.39, 0.29) is 0 Å². The minimum absolute atomic E-state index is 0.449. The molecule has 2 nitrogen and oxygen atoms in total. The maximum Gasteiger partial charge on any atom is 0.220 e. The van der Waals surface area contributed by atoms with Crippen molar-refractivity contribution in [2.45, 2.75) is 130 Å². The first-order chi connectivity index (χ1) is 18.9. The van der Waals surface area contributed by atoms with Crippen LogP contribution in [0.2, 0.25) is 0 Å². The third-order valence-electron chi connectivity index (χ3n) is 9.11. The molecule has 1 aliphatic rings. The summed E-state index contributed by atoms with van der Waals surface area (Å²) in [5, 5.41) is 1.08. The van der Waals surface area contributed by atoms with Crippen LogP contribution in [0, 0.1) is 6.67 Å². The molecule has 0 unspecified atom stereocenters. The van der Waals surface area contributed by atoms with E-state index in [1.807, 2.05) is 0 Å². The standard InChI is InChI=1S/C35H50Cl2N2/c1-9-24(10-2)28-19-17-20-29(25(11-3)12-4)32(28)38-23-39(35(37)34(38)36)33-30(26(13-5)14-6)21-18-22-31(33)27(15-7)16-8/h17-22,24-27H,9-16H2,1-8H3. The molecule has 0 N–H and O–H groups in total. The molecule has 0 aromatic heterocycles. The zero-order chi connectivity index (χ0) is 28.7.